The van der Waals surface area contributed by atoms with Gasteiger partial charge in [-0.25, -0.2) is 15.0 Å². The van der Waals surface area contributed by atoms with Gasteiger partial charge in [0, 0.05) is 47.6 Å². The normalized spacial score (nSPS) is 11.7. The largest absolute Gasteiger partial charge is 0.456 e. The summed E-state index contributed by atoms with van der Waals surface area (Å²) in [5.74, 6) is 1.84. The van der Waals surface area contributed by atoms with Crippen molar-refractivity contribution in [2.24, 2.45) is 0 Å². The van der Waals surface area contributed by atoms with E-state index in [9.17, 15) is 0 Å². The molecule has 0 unspecified atom stereocenters. The van der Waals surface area contributed by atoms with E-state index >= 15 is 0 Å². The summed E-state index contributed by atoms with van der Waals surface area (Å²) in [6.07, 6.45) is 0. The van der Waals surface area contributed by atoms with Crippen LogP contribution in [0.4, 0.5) is 0 Å². The molecular formula is C49H29N3OS. The van der Waals surface area contributed by atoms with Gasteiger partial charge in [-0.15, -0.1) is 11.3 Å². The Kier molecular flexibility index (Phi) is 7.00. The number of fused-ring (bicyclic) bond motifs is 7. The lowest BCUT2D eigenvalue weighted by molar-refractivity contribution is 0.669. The fraction of sp³-hybridized carbons (Fsp3) is 0. The van der Waals surface area contributed by atoms with Gasteiger partial charge >= 0.3 is 0 Å². The van der Waals surface area contributed by atoms with E-state index in [-0.39, 0.29) is 0 Å². The number of hydrogen-bond acceptors (Lipinski definition) is 5. The number of furan rings is 1. The van der Waals surface area contributed by atoms with Crippen molar-refractivity contribution < 1.29 is 4.42 Å². The second-order valence-corrected chi connectivity index (χ2v) is 14.6. The first kappa shape index (κ1) is 30.7. The lowest BCUT2D eigenvalue weighted by Crippen LogP contribution is -2.01. The molecule has 0 saturated heterocycles. The number of nitrogens with zero attached hydrogens (tertiary/aromatic N) is 3. The molecule has 0 saturated carbocycles. The minimum atomic E-state index is 0.607. The number of benzene rings is 8. The Morgan fingerprint density at radius 1 is 0.389 bits per heavy atom. The molecular weight excluding hydrogens is 679 g/mol. The zero-order chi connectivity index (χ0) is 35.6. The first-order valence-electron chi connectivity index (χ1n) is 18.0. The average Bonchev–Trinajstić information content (AvgIpc) is 3.81. The van der Waals surface area contributed by atoms with Gasteiger partial charge < -0.3 is 4.42 Å². The molecule has 0 radical (unpaired) electrons. The number of thiophene rings is 1. The van der Waals surface area contributed by atoms with E-state index in [1.54, 1.807) is 0 Å². The van der Waals surface area contributed by atoms with Crippen molar-refractivity contribution >= 4 is 64.2 Å². The molecule has 0 bridgehead atoms. The molecule has 3 heterocycles. The Hall–Kier alpha value is -6.95. The minimum absolute atomic E-state index is 0.607. The first-order valence-corrected chi connectivity index (χ1v) is 18.8. The lowest BCUT2D eigenvalue weighted by atomic mass is 9.96. The van der Waals surface area contributed by atoms with E-state index in [2.05, 4.69) is 127 Å². The van der Waals surface area contributed by atoms with Crippen LogP contribution in [0.3, 0.4) is 0 Å². The maximum absolute atomic E-state index is 6.43. The molecule has 0 aliphatic heterocycles. The predicted octanol–water partition coefficient (Wildman–Crippen LogP) is 13.6. The zero-order valence-electron chi connectivity index (χ0n) is 28.9. The Morgan fingerprint density at radius 3 is 1.83 bits per heavy atom. The van der Waals surface area contributed by atoms with E-state index in [4.69, 9.17) is 19.4 Å². The van der Waals surface area contributed by atoms with Crippen LogP contribution in [0.15, 0.2) is 180 Å². The molecule has 3 aromatic heterocycles. The van der Waals surface area contributed by atoms with Crippen LogP contribution in [0, 0.1) is 0 Å². The van der Waals surface area contributed by atoms with Gasteiger partial charge in [-0.05, 0) is 63.4 Å². The molecule has 5 heteroatoms. The van der Waals surface area contributed by atoms with Gasteiger partial charge in [0.2, 0.25) is 0 Å². The molecule has 0 spiro atoms. The molecule has 0 fully saturated rings. The summed E-state index contributed by atoms with van der Waals surface area (Å²) in [4.78, 5) is 15.6. The van der Waals surface area contributed by atoms with Crippen LogP contribution in [0.5, 0.6) is 0 Å². The van der Waals surface area contributed by atoms with Gasteiger partial charge in [0.1, 0.15) is 11.2 Å². The highest BCUT2D eigenvalue weighted by Crippen LogP contribution is 2.43. The highest BCUT2D eigenvalue weighted by Gasteiger charge is 2.21. The highest BCUT2D eigenvalue weighted by molar-refractivity contribution is 7.26. The summed E-state index contributed by atoms with van der Waals surface area (Å²) in [6.45, 7) is 0. The van der Waals surface area contributed by atoms with Crippen LogP contribution in [0.1, 0.15) is 0 Å². The maximum atomic E-state index is 6.43. The Labute approximate surface area is 314 Å². The van der Waals surface area contributed by atoms with Crippen molar-refractivity contribution in [2.75, 3.05) is 0 Å². The second kappa shape index (κ2) is 12.3. The van der Waals surface area contributed by atoms with Crippen LogP contribution in [-0.2, 0) is 0 Å². The van der Waals surface area contributed by atoms with Gasteiger partial charge in [-0.1, -0.05) is 146 Å². The van der Waals surface area contributed by atoms with Crippen LogP contribution in [-0.4, -0.2) is 15.0 Å². The van der Waals surface area contributed by atoms with E-state index in [1.807, 2.05) is 59.9 Å². The van der Waals surface area contributed by atoms with Crippen molar-refractivity contribution in [3.63, 3.8) is 0 Å². The molecule has 11 rings (SSSR count). The van der Waals surface area contributed by atoms with Crippen molar-refractivity contribution in [1.29, 1.82) is 0 Å². The van der Waals surface area contributed by atoms with Gasteiger partial charge in [0.15, 0.2) is 17.5 Å². The summed E-state index contributed by atoms with van der Waals surface area (Å²) in [7, 11) is 0. The van der Waals surface area contributed by atoms with Crippen molar-refractivity contribution in [1.82, 2.24) is 15.0 Å². The summed E-state index contributed by atoms with van der Waals surface area (Å²) in [5.41, 5.74) is 9.08. The Balaban J connectivity index is 1.09. The number of para-hydroxylation sites is 1. The Bertz CT molecular complexity index is 3230. The molecule has 0 aliphatic carbocycles. The third-order valence-corrected chi connectivity index (χ3v) is 11.5. The van der Waals surface area contributed by atoms with Gasteiger partial charge in [0.25, 0.3) is 0 Å². The zero-order valence-corrected chi connectivity index (χ0v) is 29.7. The maximum Gasteiger partial charge on any atom is 0.165 e. The lowest BCUT2D eigenvalue weighted by Gasteiger charge is -2.12. The van der Waals surface area contributed by atoms with Crippen molar-refractivity contribution in [3.05, 3.63) is 176 Å². The molecule has 0 amide bonds. The second-order valence-electron chi connectivity index (χ2n) is 13.6. The van der Waals surface area contributed by atoms with Crippen LogP contribution >= 0.6 is 11.3 Å². The minimum Gasteiger partial charge on any atom is -0.456 e. The van der Waals surface area contributed by atoms with Crippen LogP contribution < -0.4 is 0 Å². The summed E-state index contributed by atoms with van der Waals surface area (Å²) >= 11 is 1.86. The third kappa shape index (κ3) is 5.01. The number of hydrogen-bond donors (Lipinski definition) is 0. The standard InChI is InChI=1S/C49H29N3OS/c1-2-13-30(14-3-1)47-50-48(52-49(51-47)45-36-20-5-4-15-34(36)29-42-44(45)40-22-6-8-25-41(40)53-42)35-19-11-17-32(28-35)31-16-10-18-33(27-31)37-23-12-24-39-38-21-7-9-26-43(38)54-46(37)39/h1-29H. The smallest absolute Gasteiger partial charge is 0.165 e. The molecule has 252 valence electrons. The molecule has 0 aliphatic rings. The van der Waals surface area contributed by atoms with Gasteiger partial charge in [-0.2, -0.15) is 0 Å². The summed E-state index contributed by atoms with van der Waals surface area (Å²) < 4.78 is 9.04. The molecule has 0 N–H and O–H groups in total. The monoisotopic (exact) mass is 707 g/mol. The van der Waals surface area contributed by atoms with Crippen LogP contribution in [0.25, 0.3) is 109 Å². The van der Waals surface area contributed by atoms with E-state index in [1.165, 1.54) is 31.3 Å². The number of aromatic nitrogens is 3. The molecule has 8 aromatic carbocycles. The highest BCUT2D eigenvalue weighted by atomic mass is 32.1. The number of rotatable bonds is 5. The third-order valence-electron chi connectivity index (χ3n) is 10.3. The fourth-order valence-electron chi connectivity index (χ4n) is 7.79. The summed E-state index contributed by atoms with van der Waals surface area (Å²) in [5, 5.41) is 6.76. The Morgan fingerprint density at radius 2 is 0.981 bits per heavy atom. The van der Waals surface area contributed by atoms with E-state index in [0.29, 0.717) is 17.5 Å². The quantitative estimate of drug-likeness (QED) is 0.179. The summed E-state index contributed by atoms with van der Waals surface area (Å²) in [6, 6.07) is 61.5. The van der Waals surface area contributed by atoms with Gasteiger partial charge in [0.05, 0.1) is 0 Å². The predicted molar refractivity (Wildman–Crippen MR) is 225 cm³/mol. The first-order chi connectivity index (χ1) is 26.7. The molecule has 11 aromatic rings. The van der Waals surface area contributed by atoms with E-state index in [0.717, 1.165) is 60.5 Å². The average molecular weight is 708 g/mol. The van der Waals surface area contributed by atoms with Crippen LogP contribution in [0.2, 0.25) is 0 Å². The topological polar surface area (TPSA) is 51.8 Å². The van der Waals surface area contributed by atoms with Gasteiger partial charge in [-0.3, -0.25) is 0 Å². The SMILES string of the molecule is c1ccc(-c2nc(-c3cccc(-c4cccc(-c5cccc6c5sc5ccccc56)c4)c3)nc(-c3c4ccccc4cc4oc5ccccc5c34)n2)cc1. The molecule has 4 nitrogen and oxygen atoms in total. The van der Waals surface area contributed by atoms with Crippen molar-refractivity contribution in [3.8, 4) is 56.4 Å². The molecule has 54 heavy (non-hydrogen) atoms. The fourth-order valence-corrected chi connectivity index (χ4v) is 9.03. The van der Waals surface area contributed by atoms with Crippen molar-refractivity contribution in [2.45, 2.75) is 0 Å². The molecule has 0 atom stereocenters. The van der Waals surface area contributed by atoms with E-state index < -0.39 is 0 Å².